The molecule has 0 aromatic heterocycles. The van der Waals surface area contributed by atoms with Gasteiger partial charge in [0.25, 0.3) is 20.2 Å². The molecule has 0 fully saturated rings. The highest BCUT2D eigenvalue weighted by atomic mass is 35.5. The number of hydrogen-bond donors (Lipinski definition) is 4. The molecule has 0 spiro atoms. The fraction of sp³-hybridized carbons (Fsp3) is 0. The highest BCUT2D eigenvalue weighted by molar-refractivity contribution is 7.86. The minimum Gasteiger partial charge on any atom is -0.308 e. The summed E-state index contributed by atoms with van der Waals surface area (Å²) in [5.74, 6) is 0. The topological polar surface area (TPSA) is 150 Å². The van der Waals surface area contributed by atoms with Gasteiger partial charge in [-0.3, -0.25) is 9.11 Å². The number of halogens is 2. The number of nitrogens with one attached hydrogen (secondary N) is 2. The van der Waals surface area contributed by atoms with Crippen molar-refractivity contribution in [2.45, 2.75) is 9.79 Å². The van der Waals surface area contributed by atoms with Gasteiger partial charge in [0, 0.05) is 11.4 Å². The van der Waals surface area contributed by atoms with Gasteiger partial charge in [-0.05, 0) is 36.4 Å². The van der Waals surface area contributed by atoms with Crippen LogP contribution in [0.5, 0.6) is 0 Å². The Morgan fingerprint density at radius 2 is 1.12 bits per heavy atom. The molecule has 0 aliphatic carbocycles. The van der Waals surface area contributed by atoms with E-state index < -0.39 is 36.1 Å². The summed E-state index contributed by atoms with van der Waals surface area (Å²) in [6.07, 6.45) is 0. The van der Waals surface area contributed by atoms with Gasteiger partial charge in [0.1, 0.15) is 9.79 Å². The van der Waals surface area contributed by atoms with E-state index in [1.807, 2.05) is 0 Å². The van der Waals surface area contributed by atoms with E-state index >= 15 is 0 Å². The number of carbonyl (C=O) groups is 1. The van der Waals surface area contributed by atoms with Crippen molar-refractivity contribution in [2.75, 3.05) is 10.6 Å². The molecule has 0 aliphatic heterocycles. The van der Waals surface area contributed by atoms with Crippen molar-refractivity contribution in [3.8, 4) is 0 Å². The second-order valence-electron chi connectivity index (χ2n) is 4.82. The third-order valence-corrected chi connectivity index (χ3v) is 5.60. The highest BCUT2D eigenvalue weighted by Crippen LogP contribution is 2.26. The molecule has 0 unspecified atom stereocenters. The summed E-state index contributed by atoms with van der Waals surface area (Å²) in [5.41, 5.74) is -0.0213. The molecule has 9 nitrogen and oxygen atoms in total. The Morgan fingerprint density at radius 3 is 1.42 bits per heavy atom. The number of carbonyl (C=O) groups excluding carboxylic acids is 1. The summed E-state index contributed by atoms with van der Waals surface area (Å²) in [4.78, 5) is 10.8. The van der Waals surface area contributed by atoms with Crippen LogP contribution in [-0.4, -0.2) is 32.0 Å². The molecule has 0 atom stereocenters. The van der Waals surface area contributed by atoms with Gasteiger partial charge in [-0.2, -0.15) is 16.8 Å². The average Bonchev–Trinajstić information content (AvgIpc) is 2.49. The molecule has 13 heteroatoms. The number of anilines is 2. The Labute approximate surface area is 158 Å². The minimum atomic E-state index is -4.59. The van der Waals surface area contributed by atoms with E-state index in [-0.39, 0.29) is 21.4 Å². The van der Waals surface area contributed by atoms with Gasteiger partial charge < -0.3 is 10.6 Å². The van der Waals surface area contributed by atoms with Crippen LogP contribution in [-0.2, 0) is 20.2 Å². The Hall–Kier alpha value is -1.89. The van der Waals surface area contributed by atoms with Crippen molar-refractivity contribution in [1.82, 2.24) is 0 Å². The van der Waals surface area contributed by atoms with Gasteiger partial charge >= 0.3 is 6.03 Å². The minimum absolute atomic E-state index is 0.0107. The fourth-order valence-electron chi connectivity index (χ4n) is 1.85. The molecular weight excluding hydrogens is 431 g/mol. The first-order valence-corrected chi connectivity index (χ1v) is 10.1. The van der Waals surface area contributed by atoms with Crippen molar-refractivity contribution in [1.29, 1.82) is 0 Å². The van der Waals surface area contributed by atoms with Crippen molar-refractivity contribution in [2.24, 2.45) is 0 Å². The molecule has 0 heterocycles. The summed E-state index contributed by atoms with van der Waals surface area (Å²) in [6.45, 7) is 0. The molecule has 4 N–H and O–H groups in total. The maximum atomic E-state index is 12.0. The van der Waals surface area contributed by atoms with E-state index in [4.69, 9.17) is 32.3 Å². The second kappa shape index (κ2) is 7.39. The van der Waals surface area contributed by atoms with Crippen LogP contribution in [0.3, 0.4) is 0 Å². The third kappa shape index (κ3) is 5.06. The summed E-state index contributed by atoms with van der Waals surface area (Å²) < 4.78 is 62.9. The summed E-state index contributed by atoms with van der Waals surface area (Å²) in [7, 11) is -9.18. The van der Waals surface area contributed by atoms with Crippen LogP contribution in [0.25, 0.3) is 0 Å². The van der Waals surface area contributed by atoms with E-state index in [2.05, 4.69) is 10.6 Å². The van der Waals surface area contributed by atoms with Crippen LogP contribution < -0.4 is 10.6 Å². The van der Waals surface area contributed by atoms with E-state index in [0.29, 0.717) is 0 Å². The smallest absolute Gasteiger partial charge is 0.308 e. The molecule has 0 radical (unpaired) electrons. The predicted molar refractivity (Wildman–Crippen MR) is 95.2 cm³/mol. The Morgan fingerprint density at radius 1 is 0.769 bits per heavy atom. The Kier molecular flexibility index (Phi) is 5.80. The van der Waals surface area contributed by atoms with E-state index in [1.165, 1.54) is 12.1 Å². The van der Waals surface area contributed by atoms with Crippen molar-refractivity contribution in [3.63, 3.8) is 0 Å². The van der Waals surface area contributed by atoms with E-state index in [0.717, 1.165) is 24.3 Å². The quantitative estimate of drug-likeness (QED) is 0.533. The lowest BCUT2D eigenvalue weighted by Crippen LogP contribution is -2.20. The SMILES string of the molecule is O=C(Nc1ccc(Cl)c(S(=O)(=O)O)c1)Nc1ccc(Cl)c(S(=O)(=O)O)c1. The summed E-state index contributed by atoms with van der Waals surface area (Å²) >= 11 is 11.3. The normalized spacial score (nSPS) is 11.8. The molecule has 0 aliphatic rings. The predicted octanol–water partition coefficient (Wildman–Crippen LogP) is 3.13. The molecule has 0 bridgehead atoms. The van der Waals surface area contributed by atoms with Crippen molar-refractivity contribution >= 4 is 60.8 Å². The van der Waals surface area contributed by atoms with Gasteiger partial charge in [-0.1, -0.05) is 23.2 Å². The maximum Gasteiger partial charge on any atom is 0.323 e. The molecule has 0 saturated heterocycles. The molecule has 26 heavy (non-hydrogen) atoms. The molecule has 2 aromatic rings. The lowest BCUT2D eigenvalue weighted by molar-refractivity contribution is 0.262. The molecular formula is C13H10Cl2N2O7S2. The summed E-state index contributed by atoms with van der Waals surface area (Å²) in [6, 6.07) is 5.87. The standard InChI is InChI=1S/C13H10Cl2N2O7S2/c14-9-3-1-7(5-11(9)25(19,20)21)16-13(18)17-8-2-4-10(15)12(6-8)26(22,23)24/h1-6H,(H2,16,17,18)(H,19,20,21)(H,22,23,24). The maximum absolute atomic E-state index is 12.0. The van der Waals surface area contributed by atoms with Gasteiger partial charge in [0.05, 0.1) is 10.0 Å². The third-order valence-electron chi connectivity index (χ3n) is 2.93. The largest absolute Gasteiger partial charge is 0.323 e. The number of amides is 2. The molecule has 140 valence electrons. The zero-order valence-corrected chi connectivity index (χ0v) is 15.6. The van der Waals surface area contributed by atoms with Gasteiger partial charge in [0.15, 0.2) is 0 Å². The lowest BCUT2D eigenvalue weighted by Gasteiger charge is -2.10. The van der Waals surface area contributed by atoms with Crippen LogP contribution in [0.4, 0.5) is 16.2 Å². The second-order valence-corrected chi connectivity index (χ2v) is 8.41. The first kappa shape index (κ1) is 20.4. The first-order chi connectivity index (χ1) is 11.9. The number of urea groups is 1. The Bertz CT molecular complexity index is 1000. The van der Waals surface area contributed by atoms with Crippen molar-refractivity contribution < 1.29 is 30.7 Å². The van der Waals surface area contributed by atoms with Crippen LogP contribution in [0, 0.1) is 0 Å². The molecule has 0 saturated carbocycles. The Balaban J connectivity index is 2.23. The van der Waals surface area contributed by atoms with Crippen LogP contribution >= 0.6 is 23.2 Å². The fourth-order valence-corrected chi connectivity index (χ4v) is 3.85. The average molecular weight is 441 g/mol. The molecule has 2 amide bonds. The van der Waals surface area contributed by atoms with E-state index in [9.17, 15) is 21.6 Å². The lowest BCUT2D eigenvalue weighted by atomic mass is 10.3. The first-order valence-electron chi connectivity index (χ1n) is 6.50. The molecule has 2 rings (SSSR count). The zero-order chi connectivity index (χ0) is 19.7. The van der Waals surface area contributed by atoms with Crippen LogP contribution in [0.1, 0.15) is 0 Å². The van der Waals surface area contributed by atoms with Gasteiger partial charge in [0.2, 0.25) is 0 Å². The summed E-state index contributed by atoms with van der Waals surface area (Å²) in [5, 5.41) is 4.06. The molecule has 2 aromatic carbocycles. The zero-order valence-electron chi connectivity index (χ0n) is 12.5. The number of rotatable bonds is 4. The van der Waals surface area contributed by atoms with E-state index in [1.54, 1.807) is 0 Å². The van der Waals surface area contributed by atoms with Crippen molar-refractivity contribution in [3.05, 3.63) is 46.4 Å². The monoisotopic (exact) mass is 440 g/mol. The van der Waals surface area contributed by atoms with Gasteiger partial charge in [-0.15, -0.1) is 0 Å². The van der Waals surface area contributed by atoms with Gasteiger partial charge in [-0.25, -0.2) is 4.79 Å². The highest BCUT2D eigenvalue weighted by Gasteiger charge is 2.17. The number of benzene rings is 2. The number of hydrogen-bond acceptors (Lipinski definition) is 5. The van der Waals surface area contributed by atoms with Crippen LogP contribution in [0.15, 0.2) is 46.2 Å². The van der Waals surface area contributed by atoms with Crippen LogP contribution in [0.2, 0.25) is 10.0 Å².